The Morgan fingerprint density at radius 3 is 2.67 bits per heavy atom. The fourth-order valence-electron chi connectivity index (χ4n) is 1.78. The van der Waals surface area contributed by atoms with E-state index in [1.54, 1.807) is 13.1 Å². The van der Waals surface area contributed by atoms with Gasteiger partial charge in [0.05, 0.1) is 11.8 Å². The number of halogens is 1. The standard InChI is InChI=1S/C13H12BrN3O4/c1-17-6-7(5-15-17)11(13(20)21)16-12(19)9-3-2-8(14)4-10(9)18/h2-6,11,18H,1H3,(H,16,19)(H,20,21). The number of aryl methyl sites for hydroxylation is 1. The van der Waals surface area contributed by atoms with Crippen LogP contribution < -0.4 is 5.32 Å². The van der Waals surface area contributed by atoms with Crippen LogP contribution in [0.2, 0.25) is 0 Å². The summed E-state index contributed by atoms with van der Waals surface area (Å²) in [5, 5.41) is 25.2. The summed E-state index contributed by atoms with van der Waals surface area (Å²) in [6, 6.07) is 3.09. The molecule has 1 amide bonds. The maximum atomic E-state index is 12.1. The van der Waals surface area contributed by atoms with Crippen molar-refractivity contribution in [2.24, 2.45) is 7.05 Å². The molecular weight excluding hydrogens is 342 g/mol. The van der Waals surface area contributed by atoms with Crippen LogP contribution in [-0.4, -0.2) is 31.9 Å². The van der Waals surface area contributed by atoms with E-state index in [4.69, 9.17) is 0 Å². The average Bonchev–Trinajstić information content (AvgIpc) is 2.81. The molecule has 1 unspecified atom stereocenters. The summed E-state index contributed by atoms with van der Waals surface area (Å²) in [6.07, 6.45) is 2.86. The number of carboxylic acid groups (broad SMARTS) is 1. The minimum Gasteiger partial charge on any atom is -0.507 e. The zero-order valence-corrected chi connectivity index (χ0v) is 12.5. The smallest absolute Gasteiger partial charge is 0.331 e. The van der Waals surface area contributed by atoms with Crippen molar-refractivity contribution in [3.8, 4) is 5.75 Å². The van der Waals surface area contributed by atoms with Gasteiger partial charge in [-0.15, -0.1) is 0 Å². The number of phenols is 1. The predicted octanol–water partition coefficient (Wildman–Crippen LogP) is 1.44. The van der Waals surface area contributed by atoms with Gasteiger partial charge in [-0.3, -0.25) is 9.48 Å². The molecule has 0 bridgehead atoms. The first-order chi connectivity index (χ1) is 9.88. The highest BCUT2D eigenvalue weighted by atomic mass is 79.9. The molecule has 1 heterocycles. The molecule has 0 aliphatic rings. The lowest BCUT2D eigenvalue weighted by atomic mass is 10.1. The first kappa shape index (κ1) is 15.0. The lowest BCUT2D eigenvalue weighted by Gasteiger charge is -2.13. The van der Waals surface area contributed by atoms with E-state index in [0.29, 0.717) is 10.0 Å². The van der Waals surface area contributed by atoms with Gasteiger partial charge in [0, 0.05) is 23.3 Å². The zero-order valence-electron chi connectivity index (χ0n) is 10.9. The third-order valence-corrected chi connectivity index (χ3v) is 3.28. The Kier molecular flexibility index (Phi) is 4.27. The molecule has 0 saturated heterocycles. The minimum atomic E-state index is -1.24. The van der Waals surface area contributed by atoms with Crippen LogP contribution in [0.25, 0.3) is 0 Å². The van der Waals surface area contributed by atoms with Crippen molar-refractivity contribution in [1.29, 1.82) is 0 Å². The maximum Gasteiger partial charge on any atom is 0.331 e. The summed E-state index contributed by atoms with van der Waals surface area (Å²) >= 11 is 3.16. The van der Waals surface area contributed by atoms with Crippen molar-refractivity contribution in [2.75, 3.05) is 0 Å². The summed E-state index contributed by atoms with van der Waals surface area (Å²) in [7, 11) is 1.64. The minimum absolute atomic E-state index is 0.00617. The average molecular weight is 354 g/mol. The second-order valence-corrected chi connectivity index (χ2v) is 5.27. The summed E-state index contributed by atoms with van der Waals surface area (Å²) in [5.41, 5.74) is 0.336. The first-order valence-corrected chi connectivity index (χ1v) is 6.68. The molecule has 2 rings (SSSR count). The Balaban J connectivity index is 2.25. The fraction of sp³-hybridized carbons (Fsp3) is 0.154. The number of carbonyl (C=O) groups is 2. The maximum absolute atomic E-state index is 12.1. The highest BCUT2D eigenvalue weighted by Gasteiger charge is 2.25. The number of aromatic nitrogens is 2. The van der Waals surface area contributed by atoms with Crippen molar-refractivity contribution in [1.82, 2.24) is 15.1 Å². The number of carbonyl (C=O) groups excluding carboxylic acids is 1. The molecule has 110 valence electrons. The number of rotatable bonds is 4. The van der Waals surface area contributed by atoms with Crippen molar-refractivity contribution >= 4 is 27.8 Å². The van der Waals surface area contributed by atoms with Crippen LogP contribution in [0.3, 0.4) is 0 Å². The van der Waals surface area contributed by atoms with Crippen molar-refractivity contribution in [3.05, 3.63) is 46.2 Å². The molecule has 1 aromatic carbocycles. The van der Waals surface area contributed by atoms with Crippen LogP contribution in [-0.2, 0) is 11.8 Å². The molecule has 0 aliphatic heterocycles. The van der Waals surface area contributed by atoms with Crippen molar-refractivity contribution in [3.63, 3.8) is 0 Å². The Morgan fingerprint density at radius 2 is 2.14 bits per heavy atom. The lowest BCUT2D eigenvalue weighted by Crippen LogP contribution is -2.33. The number of hydrogen-bond donors (Lipinski definition) is 3. The molecule has 0 radical (unpaired) electrons. The van der Waals surface area contributed by atoms with E-state index in [9.17, 15) is 19.8 Å². The van der Waals surface area contributed by atoms with Crippen LogP contribution in [0, 0.1) is 0 Å². The molecular formula is C13H12BrN3O4. The SMILES string of the molecule is Cn1cc(C(NC(=O)c2ccc(Br)cc2O)C(=O)O)cn1. The normalized spacial score (nSPS) is 11.9. The van der Waals surface area contributed by atoms with Crippen LogP contribution in [0.4, 0.5) is 0 Å². The van der Waals surface area contributed by atoms with Crippen molar-refractivity contribution < 1.29 is 19.8 Å². The molecule has 1 aromatic heterocycles. The van der Waals surface area contributed by atoms with Crippen molar-refractivity contribution in [2.45, 2.75) is 6.04 Å². The number of aromatic hydroxyl groups is 1. The van der Waals surface area contributed by atoms with Gasteiger partial charge in [-0.2, -0.15) is 5.10 Å². The molecule has 0 spiro atoms. The molecule has 8 heteroatoms. The Hall–Kier alpha value is -2.35. The van der Waals surface area contributed by atoms with Gasteiger partial charge < -0.3 is 15.5 Å². The van der Waals surface area contributed by atoms with E-state index in [1.165, 1.54) is 29.2 Å². The summed E-state index contributed by atoms with van der Waals surface area (Å²) < 4.78 is 2.05. The number of aliphatic carboxylic acids is 1. The molecule has 21 heavy (non-hydrogen) atoms. The molecule has 2 aromatic rings. The predicted molar refractivity (Wildman–Crippen MR) is 76.9 cm³/mol. The van der Waals surface area contributed by atoms with Crippen LogP contribution >= 0.6 is 15.9 Å². The van der Waals surface area contributed by atoms with Gasteiger partial charge >= 0.3 is 5.97 Å². The van der Waals surface area contributed by atoms with Gasteiger partial charge in [-0.05, 0) is 18.2 Å². The van der Waals surface area contributed by atoms with Crippen LogP contribution in [0.15, 0.2) is 35.1 Å². The largest absolute Gasteiger partial charge is 0.507 e. The quantitative estimate of drug-likeness (QED) is 0.771. The number of carboxylic acids is 1. The molecule has 0 saturated carbocycles. The molecule has 1 atom stereocenters. The fourth-order valence-corrected chi connectivity index (χ4v) is 2.13. The molecule has 7 nitrogen and oxygen atoms in total. The van der Waals surface area contributed by atoms with E-state index >= 15 is 0 Å². The van der Waals surface area contributed by atoms with Gasteiger partial charge in [-0.25, -0.2) is 4.79 Å². The highest BCUT2D eigenvalue weighted by Crippen LogP contribution is 2.23. The van der Waals surface area contributed by atoms with Gasteiger partial charge in [-0.1, -0.05) is 15.9 Å². The third kappa shape index (κ3) is 3.40. The number of benzene rings is 1. The summed E-state index contributed by atoms with van der Waals surface area (Å²) in [4.78, 5) is 23.4. The van der Waals surface area contributed by atoms with Crippen LogP contribution in [0.1, 0.15) is 22.0 Å². The van der Waals surface area contributed by atoms with E-state index in [0.717, 1.165) is 0 Å². The number of amides is 1. The topological polar surface area (TPSA) is 104 Å². The molecule has 0 fully saturated rings. The van der Waals surface area contributed by atoms with Gasteiger partial charge in [0.15, 0.2) is 6.04 Å². The van der Waals surface area contributed by atoms with Gasteiger partial charge in [0.2, 0.25) is 0 Å². The number of hydrogen-bond acceptors (Lipinski definition) is 4. The Bertz CT molecular complexity index is 698. The number of nitrogens with zero attached hydrogens (tertiary/aromatic N) is 2. The Morgan fingerprint density at radius 1 is 1.43 bits per heavy atom. The van der Waals surface area contributed by atoms with Gasteiger partial charge in [0.1, 0.15) is 5.75 Å². The van der Waals surface area contributed by atoms with Crippen LogP contribution in [0.5, 0.6) is 5.75 Å². The summed E-state index contributed by atoms with van der Waals surface area (Å²) in [5.74, 6) is -2.14. The van der Waals surface area contributed by atoms with E-state index in [1.807, 2.05) is 0 Å². The number of phenolic OH excluding ortho intramolecular Hbond substituents is 1. The van der Waals surface area contributed by atoms with E-state index < -0.39 is 17.9 Å². The number of nitrogens with one attached hydrogen (secondary N) is 1. The monoisotopic (exact) mass is 353 g/mol. The first-order valence-electron chi connectivity index (χ1n) is 5.89. The summed E-state index contributed by atoms with van der Waals surface area (Å²) in [6.45, 7) is 0. The molecule has 3 N–H and O–H groups in total. The second kappa shape index (κ2) is 5.96. The third-order valence-electron chi connectivity index (χ3n) is 2.78. The highest BCUT2D eigenvalue weighted by molar-refractivity contribution is 9.10. The van der Waals surface area contributed by atoms with E-state index in [2.05, 4.69) is 26.3 Å². The lowest BCUT2D eigenvalue weighted by molar-refractivity contribution is -0.139. The second-order valence-electron chi connectivity index (χ2n) is 4.35. The Labute approximate surface area is 128 Å². The zero-order chi connectivity index (χ0) is 15.6. The van der Waals surface area contributed by atoms with Gasteiger partial charge in [0.25, 0.3) is 5.91 Å². The van der Waals surface area contributed by atoms with E-state index in [-0.39, 0.29) is 11.3 Å². The molecule has 0 aliphatic carbocycles.